The normalized spacial score (nSPS) is 20.1. The van der Waals surface area contributed by atoms with E-state index in [-0.39, 0.29) is 43.0 Å². The van der Waals surface area contributed by atoms with Gasteiger partial charge in [-0.15, -0.1) is 0 Å². The van der Waals surface area contributed by atoms with Crippen molar-refractivity contribution in [1.82, 2.24) is 14.2 Å². The lowest BCUT2D eigenvalue weighted by atomic mass is 10.00. The number of fused-ring (bicyclic) bond motifs is 1. The van der Waals surface area contributed by atoms with Crippen LogP contribution in [-0.4, -0.2) is 72.5 Å². The fraction of sp³-hybridized carbons (Fsp3) is 0.417. The van der Waals surface area contributed by atoms with E-state index in [1.54, 1.807) is 30.2 Å². The fourth-order valence-electron chi connectivity index (χ4n) is 3.79. The highest BCUT2D eigenvalue weighted by Gasteiger charge is 2.36. The molecule has 0 bridgehead atoms. The summed E-state index contributed by atoms with van der Waals surface area (Å²) in [6.07, 6.45) is 4.49. The Labute approximate surface area is 199 Å². The number of carbonyl (C=O) groups is 1. The van der Waals surface area contributed by atoms with Crippen LogP contribution in [0.15, 0.2) is 47.5 Å². The Kier molecular flexibility index (Phi) is 8.06. The van der Waals surface area contributed by atoms with Crippen LogP contribution in [0.3, 0.4) is 0 Å². The quantitative estimate of drug-likeness (QED) is 0.639. The first kappa shape index (κ1) is 25.8. The maximum absolute atomic E-state index is 14.2. The molecule has 1 aliphatic rings. The Morgan fingerprint density at radius 3 is 2.74 bits per heavy atom. The zero-order valence-electron chi connectivity index (χ0n) is 19.7. The first-order valence-corrected chi connectivity index (χ1v) is 12.5. The number of sulfonamides is 1. The number of hydrogen-bond acceptors (Lipinski definition) is 6. The van der Waals surface area contributed by atoms with Crippen molar-refractivity contribution in [1.29, 1.82) is 0 Å². The summed E-state index contributed by atoms with van der Waals surface area (Å²) in [5, 5.41) is 9.74. The minimum Gasteiger partial charge on any atom is -0.472 e. The molecule has 1 amide bonds. The molecule has 0 fully saturated rings. The third-order valence-electron chi connectivity index (χ3n) is 5.86. The van der Waals surface area contributed by atoms with Gasteiger partial charge in [-0.3, -0.25) is 4.79 Å². The van der Waals surface area contributed by atoms with Crippen molar-refractivity contribution >= 4 is 22.0 Å². The second-order valence-electron chi connectivity index (χ2n) is 8.46. The minimum absolute atomic E-state index is 0.0848. The van der Waals surface area contributed by atoms with Crippen molar-refractivity contribution in [2.24, 2.45) is 5.92 Å². The third kappa shape index (κ3) is 5.29. The summed E-state index contributed by atoms with van der Waals surface area (Å²) in [5.41, 5.74) is 0.937. The lowest BCUT2D eigenvalue weighted by molar-refractivity contribution is 0.0373. The summed E-state index contributed by atoms with van der Waals surface area (Å²) >= 11 is 0. The van der Waals surface area contributed by atoms with E-state index in [0.29, 0.717) is 5.56 Å². The number of halogens is 1. The molecule has 8 nitrogen and oxygen atoms in total. The van der Waals surface area contributed by atoms with E-state index in [4.69, 9.17) is 4.74 Å². The number of hydrogen-bond donors (Lipinski definition) is 1. The predicted octanol–water partition coefficient (Wildman–Crippen LogP) is 2.79. The molecule has 1 aromatic heterocycles. The Morgan fingerprint density at radius 2 is 2.09 bits per heavy atom. The molecule has 1 N–H and O–H groups in total. The summed E-state index contributed by atoms with van der Waals surface area (Å²) in [6, 6.07) is 6.39. The number of aromatic nitrogens is 1. The van der Waals surface area contributed by atoms with E-state index in [2.05, 4.69) is 4.98 Å². The maximum atomic E-state index is 14.2. The van der Waals surface area contributed by atoms with Crippen LogP contribution in [0.25, 0.3) is 6.08 Å². The van der Waals surface area contributed by atoms with Crippen molar-refractivity contribution in [2.45, 2.75) is 37.8 Å². The molecule has 2 aromatic rings. The molecule has 0 saturated carbocycles. The second kappa shape index (κ2) is 10.6. The molecule has 2 heterocycles. The van der Waals surface area contributed by atoms with Crippen molar-refractivity contribution in [3.8, 4) is 5.88 Å². The SMILES string of the molecule is C/C=C/c1cnc2c(c1)C(=O)N([C@H](C)CO)C[C@@H](C)[C@H](CN(C)S(=O)(=O)c1ccccc1F)O2. The zero-order chi connectivity index (χ0) is 25.0. The van der Waals surface area contributed by atoms with E-state index < -0.39 is 32.9 Å². The number of amides is 1. The van der Waals surface area contributed by atoms with E-state index in [9.17, 15) is 22.7 Å². The highest BCUT2D eigenvalue weighted by molar-refractivity contribution is 7.89. The van der Waals surface area contributed by atoms with Gasteiger partial charge in [-0.1, -0.05) is 31.2 Å². The molecule has 0 unspecified atom stereocenters. The number of rotatable bonds is 7. The van der Waals surface area contributed by atoms with Gasteiger partial charge in [0.15, 0.2) is 0 Å². The first-order valence-electron chi connectivity index (χ1n) is 11.0. The van der Waals surface area contributed by atoms with Crippen LogP contribution >= 0.6 is 0 Å². The fourth-order valence-corrected chi connectivity index (χ4v) is 5.04. The molecule has 0 saturated heterocycles. The average Bonchev–Trinajstić information content (AvgIpc) is 2.81. The number of aliphatic hydroxyl groups excluding tert-OH is 1. The largest absolute Gasteiger partial charge is 0.472 e. The van der Waals surface area contributed by atoms with Crippen LogP contribution in [0.1, 0.15) is 36.7 Å². The van der Waals surface area contributed by atoms with Crippen molar-refractivity contribution in [2.75, 3.05) is 26.7 Å². The van der Waals surface area contributed by atoms with Crippen LogP contribution < -0.4 is 4.74 Å². The van der Waals surface area contributed by atoms with Gasteiger partial charge in [-0.2, -0.15) is 4.31 Å². The molecule has 184 valence electrons. The van der Waals surface area contributed by atoms with Crippen LogP contribution in [-0.2, 0) is 10.0 Å². The zero-order valence-corrected chi connectivity index (χ0v) is 20.5. The summed E-state index contributed by atoms with van der Waals surface area (Å²) in [5.74, 6) is -1.39. The van der Waals surface area contributed by atoms with Crippen LogP contribution in [0.2, 0.25) is 0 Å². The lowest BCUT2D eigenvalue weighted by Crippen LogP contribution is -2.50. The van der Waals surface area contributed by atoms with Crippen molar-refractivity contribution in [3.05, 3.63) is 59.5 Å². The molecule has 3 rings (SSSR count). The molecule has 34 heavy (non-hydrogen) atoms. The topological polar surface area (TPSA) is 100 Å². The van der Waals surface area contributed by atoms with Crippen LogP contribution in [0, 0.1) is 11.7 Å². The summed E-state index contributed by atoms with van der Waals surface area (Å²) in [4.78, 5) is 18.8. The smallest absolute Gasteiger partial charge is 0.259 e. The van der Waals surface area contributed by atoms with Crippen molar-refractivity contribution < 1.29 is 27.4 Å². The summed E-state index contributed by atoms with van der Waals surface area (Å²) in [7, 11) is -2.76. The van der Waals surface area contributed by atoms with Gasteiger partial charge in [-0.05, 0) is 37.6 Å². The molecule has 1 aromatic carbocycles. The van der Waals surface area contributed by atoms with Crippen LogP contribution in [0.4, 0.5) is 4.39 Å². The summed E-state index contributed by atoms with van der Waals surface area (Å²) in [6.45, 7) is 5.32. The molecule has 0 spiro atoms. The minimum atomic E-state index is -4.12. The van der Waals surface area contributed by atoms with Crippen molar-refractivity contribution in [3.63, 3.8) is 0 Å². The Balaban J connectivity index is 1.99. The lowest BCUT2D eigenvalue weighted by Gasteiger charge is -2.37. The van der Waals surface area contributed by atoms with E-state index in [1.165, 1.54) is 25.2 Å². The highest BCUT2D eigenvalue weighted by atomic mass is 32.2. The highest BCUT2D eigenvalue weighted by Crippen LogP contribution is 2.28. The number of benzene rings is 1. The van der Waals surface area contributed by atoms with E-state index >= 15 is 0 Å². The molecule has 0 aliphatic carbocycles. The van der Waals surface area contributed by atoms with Gasteiger partial charge in [0, 0.05) is 25.7 Å². The molecular weight excluding hydrogens is 461 g/mol. The first-order chi connectivity index (χ1) is 16.1. The Hall–Kier alpha value is -2.82. The second-order valence-corrected chi connectivity index (χ2v) is 10.5. The average molecular weight is 492 g/mol. The maximum Gasteiger partial charge on any atom is 0.259 e. The van der Waals surface area contributed by atoms with Gasteiger partial charge in [-0.25, -0.2) is 17.8 Å². The van der Waals surface area contributed by atoms with Gasteiger partial charge >= 0.3 is 0 Å². The predicted molar refractivity (Wildman–Crippen MR) is 126 cm³/mol. The number of nitrogens with zero attached hydrogens (tertiary/aromatic N) is 3. The molecule has 0 radical (unpaired) electrons. The number of carbonyl (C=O) groups excluding carboxylic acids is 1. The monoisotopic (exact) mass is 491 g/mol. The number of likely N-dealkylation sites (N-methyl/N-ethyl adjacent to an activating group) is 1. The Bertz CT molecular complexity index is 1170. The standard InChI is InChI=1S/C24H30FN3O5S/c1-5-8-18-11-19-23(26-12-18)33-21(16(2)13-28(24(19)30)17(3)15-29)14-27(4)34(31,32)22-10-7-6-9-20(22)25/h5-12,16-17,21,29H,13-15H2,1-4H3/b8-5+/t16-,17-,21+/m1/s1. The molecule has 3 atom stereocenters. The number of ether oxygens (including phenoxy) is 1. The van der Waals surface area contributed by atoms with Crippen LogP contribution in [0.5, 0.6) is 5.88 Å². The molecular formula is C24H30FN3O5S. The van der Waals surface area contributed by atoms with Gasteiger partial charge in [0.05, 0.1) is 19.2 Å². The van der Waals surface area contributed by atoms with Gasteiger partial charge < -0.3 is 14.7 Å². The number of aliphatic hydroxyl groups is 1. The van der Waals surface area contributed by atoms with E-state index in [1.807, 2.05) is 19.9 Å². The summed E-state index contributed by atoms with van der Waals surface area (Å²) < 4.78 is 47.4. The molecule has 1 aliphatic heterocycles. The van der Waals surface area contributed by atoms with Gasteiger partial charge in [0.1, 0.15) is 22.4 Å². The van der Waals surface area contributed by atoms with E-state index in [0.717, 1.165) is 10.4 Å². The number of allylic oxidation sites excluding steroid dienone is 1. The number of pyridine rings is 1. The van der Waals surface area contributed by atoms with Gasteiger partial charge in [0.2, 0.25) is 15.9 Å². The third-order valence-corrected chi connectivity index (χ3v) is 7.72. The Morgan fingerprint density at radius 1 is 1.38 bits per heavy atom. The molecule has 10 heteroatoms. The van der Waals surface area contributed by atoms with Gasteiger partial charge in [0.25, 0.3) is 5.91 Å².